The van der Waals surface area contributed by atoms with E-state index in [2.05, 4.69) is 19.1 Å². The molecule has 0 atom stereocenters. The van der Waals surface area contributed by atoms with E-state index in [1.54, 1.807) is 6.07 Å². The average Bonchev–Trinajstić information content (AvgIpc) is 2.62. The van der Waals surface area contributed by atoms with Crippen LogP contribution in [-0.4, -0.2) is 5.78 Å². The largest absolute Gasteiger partial charge is 0.398 e. The summed E-state index contributed by atoms with van der Waals surface area (Å²) >= 11 is 0. The Labute approximate surface area is 153 Å². The van der Waals surface area contributed by atoms with Gasteiger partial charge >= 0.3 is 0 Å². The number of aryl methyl sites for hydroxylation is 1. The third-order valence-electron chi connectivity index (χ3n) is 4.39. The first-order valence-electron chi connectivity index (χ1n) is 8.50. The van der Waals surface area contributed by atoms with Crippen LogP contribution in [0.3, 0.4) is 0 Å². The molecule has 0 heterocycles. The molecule has 0 aliphatic heterocycles. The highest BCUT2D eigenvalue weighted by Gasteiger charge is 2.06. The third-order valence-corrected chi connectivity index (χ3v) is 4.39. The second kappa shape index (κ2) is 7.28. The smallest absolute Gasteiger partial charge is 0.161 e. The van der Waals surface area contributed by atoms with Crippen LogP contribution in [0.15, 0.2) is 72.8 Å². The van der Waals surface area contributed by atoms with E-state index < -0.39 is 0 Å². The van der Waals surface area contributed by atoms with Gasteiger partial charge in [-0.05, 0) is 42.3 Å². The maximum Gasteiger partial charge on any atom is 0.161 e. The zero-order valence-electron chi connectivity index (χ0n) is 15.0. The molecule has 0 radical (unpaired) electrons. The molecule has 4 N–H and O–H groups in total. The summed E-state index contributed by atoms with van der Waals surface area (Å²) in [6, 6.07) is 23.8. The lowest BCUT2D eigenvalue weighted by molar-refractivity contribution is 0.101. The predicted molar refractivity (Wildman–Crippen MR) is 111 cm³/mol. The Morgan fingerprint density at radius 3 is 2.08 bits per heavy atom. The standard InChI is InChI=1S/C12H11NO.C11H11N/c1-8(14)10-7-6-9-4-2-3-5-11(9)12(10)13;1-8-6-9-4-2-3-5-10(9)11(12)7-8/h2-7H,13H2,1H3;2-7H,12H2,1H3. The summed E-state index contributed by atoms with van der Waals surface area (Å²) < 4.78 is 0. The van der Waals surface area contributed by atoms with Crippen LogP contribution < -0.4 is 11.5 Å². The summed E-state index contributed by atoms with van der Waals surface area (Å²) in [7, 11) is 0. The summed E-state index contributed by atoms with van der Waals surface area (Å²) in [5, 5.41) is 4.37. The number of Topliss-reactive ketones (excluding diaryl/α,β-unsaturated/α-hetero) is 1. The Balaban J connectivity index is 0.000000152. The fourth-order valence-electron chi connectivity index (χ4n) is 3.10. The van der Waals surface area contributed by atoms with Gasteiger partial charge < -0.3 is 11.5 Å². The molecule has 0 saturated heterocycles. The Kier molecular flexibility index (Phi) is 4.90. The van der Waals surface area contributed by atoms with Crippen molar-refractivity contribution in [3.05, 3.63) is 83.9 Å². The Bertz CT molecular complexity index is 1100. The zero-order valence-corrected chi connectivity index (χ0v) is 15.0. The molecule has 4 aromatic rings. The van der Waals surface area contributed by atoms with Crippen molar-refractivity contribution < 1.29 is 4.79 Å². The quantitative estimate of drug-likeness (QED) is 0.361. The molecule has 3 nitrogen and oxygen atoms in total. The Hall–Kier alpha value is -3.33. The molecule has 0 amide bonds. The number of nitrogens with two attached hydrogens (primary N) is 2. The second-order valence-corrected chi connectivity index (χ2v) is 6.38. The van der Waals surface area contributed by atoms with Gasteiger partial charge in [-0.15, -0.1) is 0 Å². The molecule has 0 saturated carbocycles. The van der Waals surface area contributed by atoms with E-state index in [0.29, 0.717) is 11.3 Å². The molecule has 0 aliphatic rings. The number of benzene rings is 4. The van der Waals surface area contributed by atoms with E-state index in [9.17, 15) is 4.79 Å². The molecule has 0 unspecified atom stereocenters. The first kappa shape index (κ1) is 17.5. The number of carbonyl (C=O) groups is 1. The van der Waals surface area contributed by atoms with Gasteiger partial charge in [-0.3, -0.25) is 4.79 Å². The molecule has 26 heavy (non-hydrogen) atoms. The third kappa shape index (κ3) is 3.52. The average molecular weight is 342 g/mol. The van der Waals surface area contributed by atoms with Crippen molar-refractivity contribution in [1.29, 1.82) is 0 Å². The van der Waals surface area contributed by atoms with Crippen LogP contribution in [-0.2, 0) is 0 Å². The number of fused-ring (bicyclic) bond motifs is 2. The van der Waals surface area contributed by atoms with Crippen LogP contribution in [0.2, 0.25) is 0 Å². The number of hydrogen-bond acceptors (Lipinski definition) is 3. The minimum Gasteiger partial charge on any atom is -0.398 e. The first-order valence-corrected chi connectivity index (χ1v) is 8.50. The molecule has 3 heteroatoms. The van der Waals surface area contributed by atoms with Crippen molar-refractivity contribution in [1.82, 2.24) is 0 Å². The van der Waals surface area contributed by atoms with Crippen molar-refractivity contribution in [2.45, 2.75) is 13.8 Å². The van der Waals surface area contributed by atoms with Crippen molar-refractivity contribution in [2.24, 2.45) is 0 Å². The fraction of sp³-hybridized carbons (Fsp3) is 0.0870. The van der Waals surface area contributed by atoms with Crippen LogP contribution in [0.4, 0.5) is 11.4 Å². The number of ketones is 1. The minimum atomic E-state index is 0.00764. The van der Waals surface area contributed by atoms with Gasteiger partial charge in [0.05, 0.1) is 5.69 Å². The highest BCUT2D eigenvalue weighted by atomic mass is 16.1. The molecule has 4 rings (SSSR count). The number of nitrogen functional groups attached to an aromatic ring is 2. The maximum absolute atomic E-state index is 11.2. The highest BCUT2D eigenvalue weighted by Crippen LogP contribution is 2.25. The molecular formula is C23H22N2O. The lowest BCUT2D eigenvalue weighted by Crippen LogP contribution is -1.99. The number of carbonyl (C=O) groups excluding carboxylic acids is 1. The summed E-state index contributed by atoms with van der Waals surface area (Å²) in [6.07, 6.45) is 0. The molecule has 0 fully saturated rings. The van der Waals surface area contributed by atoms with Crippen molar-refractivity contribution in [3.8, 4) is 0 Å². The fourth-order valence-corrected chi connectivity index (χ4v) is 3.10. The first-order chi connectivity index (χ1) is 12.5. The summed E-state index contributed by atoms with van der Waals surface area (Å²) in [5.74, 6) is 0.00764. The van der Waals surface area contributed by atoms with Gasteiger partial charge in [0.2, 0.25) is 0 Å². The van der Waals surface area contributed by atoms with Crippen LogP contribution in [0, 0.1) is 6.92 Å². The van der Waals surface area contributed by atoms with Gasteiger partial charge in [0.15, 0.2) is 5.78 Å². The zero-order chi connectivity index (χ0) is 18.7. The number of hydrogen-bond donors (Lipinski definition) is 2. The molecular weight excluding hydrogens is 320 g/mol. The molecule has 4 aromatic carbocycles. The maximum atomic E-state index is 11.2. The van der Waals surface area contributed by atoms with Crippen molar-refractivity contribution in [3.63, 3.8) is 0 Å². The van der Waals surface area contributed by atoms with E-state index in [1.165, 1.54) is 17.9 Å². The Morgan fingerprint density at radius 2 is 1.38 bits per heavy atom. The lowest BCUT2D eigenvalue weighted by Gasteiger charge is -2.05. The van der Waals surface area contributed by atoms with Gasteiger partial charge in [-0.2, -0.15) is 0 Å². The van der Waals surface area contributed by atoms with E-state index in [1.807, 2.05) is 54.6 Å². The second-order valence-electron chi connectivity index (χ2n) is 6.38. The van der Waals surface area contributed by atoms with Gasteiger partial charge in [-0.25, -0.2) is 0 Å². The van der Waals surface area contributed by atoms with Crippen molar-refractivity contribution >= 4 is 38.7 Å². The van der Waals surface area contributed by atoms with E-state index in [4.69, 9.17) is 11.5 Å². The SMILES string of the molecule is CC(=O)c1ccc2ccccc2c1N.Cc1cc(N)c2ccccc2c1. The van der Waals surface area contributed by atoms with Crippen LogP contribution in [0.1, 0.15) is 22.8 Å². The van der Waals surface area contributed by atoms with Crippen LogP contribution in [0.25, 0.3) is 21.5 Å². The molecule has 130 valence electrons. The highest BCUT2D eigenvalue weighted by molar-refractivity contribution is 6.07. The topological polar surface area (TPSA) is 69.1 Å². The summed E-state index contributed by atoms with van der Waals surface area (Å²) in [6.45, 7) is 3.59. The van der Waals surface area contributed by atoms with Crippen LogP contribution in [0.5, 0.6) is 0 Å². The minimum absolute atomic E-state index is 0.00764. The Morgan fingerprint density at radius 1 is 0.769 bits per heavy atom. The van der Waals surface area contributed by atoms with Gasteiger partial charge in [0, 0.05) is 22.0 Å². The predicted octanol–water partition coefficient (Wildman–Crippen LogP) is 5.36. The normalized spacial score (nSPS) is 10.4. The summed E-state index contributed by atoms with van der Waals surface area (Å²) in [4.78, 5) is 11.2. The van der Waals surface area contributed by atoms with E-state index >= 15 is 0 Å². The molecule has 0 spiro atoms. The molecule has 0 aliphatic carbocycles. The van der Waals surface area contributed by atoms with Crippen molar-refractivity contribution in [2.75, 3.05) is 11.5 Å². The summed E-state index contributed by atoms with van der Waals surface area (Å²) in [5.41, 5.74) is 15.0. The monoisotopic (exact) mass is 342 g/mol. The van der Waals surface area contributed by atoms with Gasteiger partial charge in [0.1, 0.15) is 0 Å². The van der Waals surface area contributed by atoms with E-state index in [0.717, 1.165) is 21.8 Å². The van der Waals surface area contributed by atoms with Gasteiger partial charge in [-0.1, -0.05) is 60.7 Å². The number of rotatable bonds is 1. The number of anilines is 2. The van der Waals surface area contributed by atoms with E-state index in [-0.39, 0.29) is 5.78 Å². The molecule has 0 bridgehead atoms. The van der Waals surface area contributed by atoms with Crippen LogP contribution >= 0.6 is 0 Å². The molecule has 0 aromatic heterocycles. The van der Waals surface area contributed by atoms with Gasteiger partial charge in [0.25, 0.3) is 0 Å². The lowest BCUT2D eigenvalue weighted by atomic mass is 10.0.